The molecule has 2 aromatic rings. The molecule has 1 N–H and O–H groups in total. The van der Waals surface area contributed by atoms with Gasteiger partial charge in [-0.25, -0.2) is 4.79 Å². The van der Waals surface area contributed by atoms with Gasteiger partial charge in [0.1, 0.15) is 0 Å². The van der Waals surface area contributed by atoms with Gasteiger partial charge >= 0.3 is 5.97 Å². The Hall–Kier alpha value is -2.08. The number of carbonyl (C=O) groups excluding carboxylic acids is 1. The summed E-state index contributed by atoms with van der Waals surface area (Å²) >= 11 is 0. The second-order valence-corrected chi connectivity index (χ2v) is 4.50. The number of hydrogen-bond acceptors (Lipinski definition) is 5. The van der Waals surface area contributed by atoms with Gasteiger partial charge in [0.05, 0.1) is 19.1 Å². The maximum atomic E-state index is 11.5. The second kappa shape index (κ2) is 6.38. The quantitative estimate of drug-likeness (QED) is 0.813. The van der Waals surface area contributed by atoms with Crippen LogP contribution in [-0.4, -0.2) is 22.9 Å². The van der Waals surface area contributed by atoms with Crippen LogP contribution in [-0.2, 0) is 31.3 Å². The molecule has 0 aliphatic rings. The minimum absolute atomic E-state index is 0.252. The molecule has 2 heterocycles. The Bertz CT molecular complexity index is 586. The fraction of sp³-hybridized carbons (Fsp3) is 0.429. The smallest absolute Gasteiger partial charge is 0.374 e. The third-order valence-electron chi connectivity index (χ3n) is 3.08. The molecule has 108 valence electrons. The van der Waals surface area contributed by atoms with Gasteiger partial charge < -0.3 is 14.5 Å². The zero-order valence-corrected chi connectivity index (χ0v) is 12.0. The van der Waals surface area contributed by atoms with E-state index in [1.54, 1.807) is 6.07 Å². The predicted octanol–water partition coefficient (Wildman–Crippen LogP) is 1.65. The highest BCUT2D eigenvalue weighted by molar-refractivity contribution is 5.87. The molecule has 0 aromatic carbocycles. The van der Waals surface area contributed by atoms with E-state index < -0.39 is 5.97 Å². The lowest BCUT2D eigenvalue weighted by atomic mass is 10.2. The highest BCUT2D eigenvalue weighted by Crippen LogP contribution is 2.12. The van der Waals surface area contributed by atoms with Crippen molar-refractivity contribution in [3.63, 3.8) is 0 Å². The SMILES string of the molecule is CCc1nn(C)cc1CNCc1ccoc1C(=O)OC. The standard InChI is InChI=1S/C14H19N3O3/c1-4-12-11(9-17(2)16-12)8-15-7-10-5-6-20-13(10)14(18)19-3/h5-6,9,15H,4,7-8H2,1-3H3. The first-order valence-corrected chi connectivity index (χ1v) is 6.52. The van der Waals surface area contributed by atoms with E-state index in [0.717, 1.165) is 23.2 Å². The molecular weight excluding hydrogens is 258 g/mol. The summed E-state index contributed by atoms with van der Waals surface area (Å²) in [5, 5.41) is 7.68. The summed E-state index contributed by atoms with van der Waals surface area (Å²) in [5.74, 6) is -0.204. The lowest BCUT2D eigenvalue weighted by Gasteiger charge is -2.04. The van der Waals surface area contributed by atoms with Crippen molar-refractivity contribution in [3.05, 3.63) is 41.1 Å². The number of carbonyl (C=O) groups is 1. The minimum atomic E-state index is -0.456. The monoisotopic (exact) mass is 277 g/mol. The molecule has 6 nitrogen and oxygen atoms in total. The van der Waals surface area contributed by atoms with E-state index >= 15 is 0 Å². The first kappa shape index (κ1) is 14.3. The van der Waals surface area contributed by atoms with Crippen LogP contribution in [0.4, 0.5) is 0 Å². The summed E-state index contributed by atoms with van der Waals surface area (Å²) in [7, 11) is 3.25. The molecule has 0 spiro atoms. The van der Waals surface area contributed by atoms with E-state index in [0.29, 0.717) is 13.1 Å². The molecule has 0 bridgehead atoms. The van der Waals surface area contributed by atoms with Crippen molar-refractivity contribution < 1.29 is 13.9 Å². The third kappa shape index (κ3) is 3.08. The largest absolute Gasteiger partial charge is 0.463 e. The number of furan rings is 1. The summed E-state index contributed by atoms with van der Waals surface area (Å²) < 4.78 is 11.6. The summed E-state index contributed by atoms with van der Waals surface area (Å²) in [6, 6.07) is 1.77. The van der Waals surface area contributed by atoms with Gasteiger partial charge in [-0.05, 0) is 12.5 Å². The van der Waals surface area contributed by atoms with Gasteiger partial charge in [-0.15, -0.1) is 0 Å². The number of esters is 1. The van der Waals surface area contributed by atoms with E-state index in [1.807, 2.05) is 17.9 Å². The van der Waals surface area contributed by atoms with Crippen LogP contribution in [0.3, 0.4) is 0 Å². The predicted molar refractivity (Wildman–Crippen MR) is 73.2 cm³/mol. The molecule has 0 saturated heterocycles. The molecular formula is C14H19N3O3. The molecule has 0 unspecified atom stereocenters. The normalized spacial score (nSPS) is 10.8. The lowest BCUT2D eigenvalue weighted by molar-refractivity contribution is 0.0563. The maximum absolute atomic E-state index is 11.5. The third-order valence-corrected chi connectivity index (χ3v) is 3.08. The van der Waals surface area contributed by atoms with Gasteiger partial charge in [0.25, 0.3) is 0 Å². The highest BCUT2D eigenvalue weighted by Gasteiger charge is 2.15. The Balaban J connectivity index is 1.96. The molecule has 0 radical (unpaired) electrons. The number of methoxy groups -OCH3 is 1. The summed E-state index contributed by atoms with van der Waals surface area (Å²) in [5.41, 5.74) is 3.04. The second-order valence-electron chi connectivity index (χ2n) is 4.50. The van der Waals surface area contributed by atoms with Gasteiger partial charge in [0, 0.05) is 37.5 Å². The summed E-state index contributed by atoms with van der Waals surface area (Å²) in [4.78, 5) is 11.5. The molecule has 6 heteroatoms. The Labute approximate surface area is 117 Å². The van der Waals surface area contributed by atoms with Crippen LogP contribution in [0.2, 0.25) is 0 Å². The van der Waals surface area contributed by atoms with Gasteiger partial charge in [0.2, 0.25) is 5.76 Å². The van der Waals surface area contributed by atoms with Crippen molar-refractivity contribution >= 4 is 5.97 Å². The molecule has 20 heavy (non-hydrogen) atoms. The van der Waals surface area contributed by atoms with Crippen LogP contribution < -0.4 is 5.32 Å². The van der Waals surface area contributed by atoms with Gasteiger partial charge in [-0.3, -0.25) is 4.68 Å². The van der Waals surface area contributed by atoms with Crippen molar-refractivity contribution in [2.45, 2.75) is 26.4 Å². The van der Waals surface area contributed by atoms with Crippen LogP contribution in [0.25, 0.3) is 0 Å². The zero-order valence-electron chi connectivity index (χ0n) is 12.0. The van der Waals surface area contributed by atoms with Gasteiger partial charge in [-0.2, -0.15) is 5.10 Å². The zero-order chi connectivity index (χ0) is 14.5. The summed E-state index contributed by atoms with van der Waals surface area (Å²) in [6.45, 7) is 3.32. The van der Waals surface area contributed by atoms with Crippen molar-refractivity contribution in [1.29, 1.82) is 0 Å². The highest BCUT2D eigenvalue weighted by atomic mass is 16.5. The van der Waals surface area contributed by atoms with Crippen molar-refractivity contribution in [2.24, 2.45) is 7.05 Å². The topological polar surface area (TPSA) is 69.3 Å². The fourth-order valence-electron chi connectivity index (χ4n) is 2.11. The van der Waals surface area contributed by atoms with Crippen LogP contribution in [0, 0.1) is 0 Å². The van der Waals surface area contributed by atoms with E-state index in [4.69, 9.17) is 4.42 Å². The van der Waals surface area contributed by atoms with E-state index in [-0.39, 0.29) is 5.76 Å². The Morgan fingerprint density at radius 1 is 1.45 bits per heavy atom. The number of hydrogen-bond donors (Lipinski definition) is 1. The molecule has 0 amide bonds. The molecule has 0 atom stereocenters. The number of rotatable bonds is 6. The molecule has 2 aromatic heterocycles. The van der Waals surface area contributed by atoms with Crippen LogP contribution >= 0.6 is 0 Å². The average Bonchev–Trinajstić information content (AvgIpc) is 3.04. The first-order chi connectivity index (χ1) is 9.65. The maximum Gasteiger partial charge on any atom is 0.374 e. The molecule has 0 saturated carbocycles. The molecule has 0 aliphatic heterocycles. The van der Waals surface area contributed by atoms with Crippen LogP contribution in [0.1, 0.15) is 34.3 Å². The minimum Gasteiger partial charge on any atom is -0.463 e. The molecule has 2 rings (SSSR count). The van der Waals surface area contributed by atoms with E-state index in [9.17, 15) is 4.79 Å². The average molecular weight is 277 g/mol. The van der Waals surface area contributed by atoms with Gasteiger partial charge in [-0.1, -0.05) is 6.92 Å². The van der Waals surface area contributed by atoms with Crippen molar-refractivity contribution in [2.75, 3.05) is 7.11 Å². The number of ether oxygens (including phenoxy) is 1. The number of nitrogens with zero attached hydrogens (tertiary/aromatic N) is 2. The fourth-order valence-corrected chi connectivity index (χ4v) is 2.11. The summed E-state index contributed by atoms with van der Waals surface area (Å²) in [6.07, 6.45) is 4.39. The van der Waals surface area contributed by atoms with Crippen molar-refractivity contribution in [3.8, 4) is 0 Å². The number of nitrogens with one attached hydrogen (secondary N) is 1. The van der Waals surface area contributed by atoms with Crippen LogP contribution in [0.15, 0.2) is 22.9 Å². The Morgan fingerprint density at radius 2 is 2.20 bits per heavy atom. The lowest BCUT2D eigenvalue weighted by Crippen LogP contribution is -2.15. The Morgan fingerprint density at radius 3 is 2.90 bits per heavy atom. The number of aromatic nitrogens is 2. The number of aryl methyl sites for hydroxylation is 2. The van der Waals surface area contributed by atoms with Crippen LogP contribution in [0.5, 0.6) is 0 Å². The molecule has 0 fully saturated rings. The molecule has 0 aliphatic carbocycles. The van der Waals surface area contributed by atoms with Gasteiger partial charge in [0.15, 0.2) is 0 Å². The van der Waals surface area contributed by atoms with Crippen molar-refractivity contribution in [1.82, 2.24) is 15.1 Å². The Kier molecular flexibility index (Phi) is 4.57. The van der Waals surface area contributed by atoms with E-state index in [2.05, 4.69) is 22.1 Å². The first-order valence-electron chi connectivity index (χ1n) is 6.52. The van der Waals surface area contributed by atoms with E-state index in [1.165, 1.54) is 13.4 Å².